The van der Waals surface area contributed by atoms with Gasteiger partial charge in [0, 0.05) is 0 Å². The third-order valence-corrected chi connectivity index (χ3v) is 8.34. The summed E-state index contributed by atoms with van der Waals surface area (Å²) >= 11 is 0.208. The molecule has 0 N–H and O–H groups in total. The Morgan fingerprint density at radius 3 is 1.65 bits per heavy atom. The van der Waals surface area contributed by atoms with Gasteiger partial charge in [0.2, 0.25) is 0 Å². The summed E-state index contributed by atoms with van der Waals surface area (Å²) in [5.41, 5.74) is 8.02. The van der Waals surface area contributed by atoms with Gasteiger partial charge in [-0.3, -0.25) is 0 Å². The predicted molar refractivity (Wildman–Crippen MR) is 136 cm³/mol. The zero-order chi connectivity index (χ0) is 21.2. The summed E-state index contributed by atoms with van der Waals surface area (Å²) in [5, 5.41) is 2.66. The van der Waals surface area contributed by atoms with E-state index < -0.39 is 0 Å². The number of hydrogen-bond donors (Lipinski definition) is 0. The van der Waals surface area contributed by atoms with Crippen LogP contribution >= 0.6 is 0 Å². The zero-order valence-corrected chi connectivity index (χ0v) is 19.5. The van der Waals surface area contributed by atoms with Crippen molar-refractivity contribution in [3.63, 3.8) is 0 Å². The molecule has 0 saturated carbocycles. The Balaban J connectivity index is 1.87. The molecule has 31 heavy (non-hydrogen) atoms. The second-order valence-corrected chi connectivity index (χ2v) is 10.2. The topological polar surface area (TPSA) is 0 Å². The molecule has 0 bridgehead atoms. The molecule has 5 aromatic carbocycles. The number of aryl methyl sites for hydroxylation is 1. The van der Waals surface area contributed by atoms with Gasteiger partial charge < -0.3 is 0 Å². The van der Waals surface area contributed by atoms with E-state index >= 15 is 0 Å². The molecule has 0 saturated heterocycles. The molecule has 0 unspecified atom stereocenters. The van der Waals surface area contributed by atoms with Crippen LogP contribution in [-0.2, 0) is 0 Å². The van der Waals surface area contributed by atoms with Crippen molar-refractivity contribution in [1.82, 2.24) is 0 Å². The number of fused-ring (bicyclic) bond motifs is 1. The van der Waals surface area contributed by atoms with Crippen molar-refractivity contribution in [2.75, 3.05) is 0 Å². The fraction of sp³-hybridized carbons (Fsp3) is 0.0667. The van der Waals surface area contributed by atoms with Gasteiger partial charge in [-0.25, -0.2) is 0 Å². The van der Waals surface area contributed by atoms with Crippen LogP contribution in [0.4, 0.5) is 0 Å². The number of hydrogen-bond acceptors (Lipinski definition) is 0. The van der Waals surface area contributed by atoms with Crippen molar-refractivity contribution in [3.8, 4) is 22.3 Å². The molecular formula is C30H24Se. The summed E-state index contributed by atoms with van der Waals surface area (Å²) in [6.45, 7) is 4.46. The van der Waals surface area contributed by atoms with E-state index in [-0.39, 0.29) is 15.0 Å². The second-order valence-electron chi connectivity index (χ2n) is 7.90. The van der Waals surface area contributed by atoms with Crippen LogP contribution in [0.2, 0.25) is 0 Å². The first-order chi connectivity index (χ1) is 15.2. The van der Waals surface area contributed by atoms with Crippen molar-refractivity contribution in [1.29, 1.82) is 0 Å². The second kappa shape index (κ2) is 8.55. The molecule has 1 heteroatoms. The first-order valence-electron chi connectivity index (χ1n) is 10.6. The van der Waals surface area contributed by atoms with Crippen molar-refractivity contribution < 1.29 is 0 Å². The average molecular weight is 463 g/mol. The Morgan fingerprint density at radius 2 is 1.00 bits per heavy atom. The summed E-state index contributed by atoms with van der Waals surface area (Å²) in [6, 6.07) is 39.7. The molecule has 0 fully saturated rings. The molecule has 0 radical (unpaired) electrons. The maximum atomic E-state index is 2.31. The zero-order valence-electron chi connectivity index (χ0n) is 17.8. The quantitative estimate of drug-likeness (QED) is 0.269. The summed E-state index contributed by atoms with van der Waals surface area (Å²) < 4.78 is 2.87. The fourth-order valence-corrected chi connectivity index (χ4v) is 6.60. The Kier molecular flexibility index (Phi) is 5.47. The van der Waals surface area contributed by atoms with Crippen molar-refractivity contribution in [2.45, 2.75) is 13.8 Å². The van der Waals surface area contributed by atoms with E-state index in [4.69, 9.17) is 0 Å². The third-order valence-electron chi connectivity index (χ3n) is 5.77. The van der Waals surface area contributed by atoms with Crippen LogP contribution in [0, 0.1) is 13.8 Å². The molecule has 0 aliphatic carbocycles. The van der Waals surface area contributed by atoms with Crippen LogP contribution in [0.1, 0.15) is 11.1 Å². The minimum absolute atomic E-state index is 0.208. The van der Waals surface area contributed by atoms with Crippen LogP contribution in [0.15, 0.2) is 109 Å². The molecular weight excluding hydrogens is 439 g/mol. The number of rotatable bonds is 4. The van der Waals surface area contributed by atoms with Crippen LogP contribution in [-0.4, -0.2) is 15.0 Å². The monoisotopic (exact) mass is 464 g/mol. The average Bonchev–Trinajstić information content (AvgIpc) is 2.82. The van der Waals surface area contributed by atoms with Gasteiger partial charge in [0.05, 0.1) is 0 Å². The molecule has 0 atom stereocenters. The van der Waals surface area contributed by atoms with Crippen LogP contribution in [0.5, 0.6) is 0 Å². The van der Waals surface area contributed by atoms with Crippen molar-refractivity contribution >= 4 is 34.7 Å². The van der Waals surface area contributed by atoms with Gasteiger partial charge in [-0.05, 0) is 0 Å². The normalized spacial score (nSPS) is 11.0. The Morgan fingerprint density at radius 1 is 0.484 bits per heavy atom. The van der Waals surface area contributed by atoms with Crippen LogP contribution in [0.25, 0.3) is 33.0 Å². The Bertz CT molecular complexity index is 1330. The maximum absolute atomic E-state index is 2.31. The molecule has 5 aromatic rings. The molecule has 0 nitrogen and oxygen atoms in total. The van der Waals surface area contributed by atoms with E-state index in [9.17, 15) is 0 Å². The van der Waals surface area contributed by atoms with Gasteiger partial charge in [-0.15, -0.1) is 0 Å². The van der Waals surface area contributed by atoms with Crippen LogP contribution in [0.3, 0.4) is 0 Å². The molecule has 0 heterocycles. The standard InChI is InChI=1S/C30H24Se/c1-21-17-19-24(20-18-21)28-22(2)30(31-25-13-7-4-8-14-25)29(23-11-5-3-6-12-23)27-16-10-9-15-26(27)28/h3-20H,1-2H3. The molecule has 150 valence electrons. The van der Waals surface area contributed by atoms with Crippen molar-refractivity contribution in [3.05, 3.63) is 120 Å². The van der Waals surface area contributed by atoms with Crippen LogP contribution < -0.4 is 8.92 Å². The Hall–Kier alpha value is -3.12. The van der Waals surface area contributed by atoms with E-state index in [1.54, 1.807) is 0 Å². The minimum atomic E-state index is 0.208. The van der Waals surface area contributed by atoms with Gasteiger partial charge in [-0.1, -0.05) is 0 Å². The first kappa shape index (κ1) is 19.8. The predicted octanol–water partition coefficient (Wildman–Crippen LogP) is 6.45. The molecule has 0 aliphatic heterocycles. The molecule has 0 spiro atoms. The number of benzene rings is 5. The van der Waals surface area contributed by atoms with E-state index in [2.05, 4.69) is 123 Å². The fourth-order valence-electron chi connectivity index (χ4n) is 4.26. The SMILES string of the molecule is Cc1ccc(-c2c(C)c([Se]c3ccccc3)c(-c3ccccc3)c3ccccc23)cc1. The molecule has 0 aliphatic rings. The summed E-state index contributed by atoms with van der Waals surface area (Å²) in [4.78, 5) is 0. The summed E-state index contributed by atoms with van der Waals surface area (Å²) in [7, 11) is 0. The van der Waals surface area contributed by atoms with E-state index in [1.165, 1.54) is 53.1 Å². The van der Waals surface area contributed by atoms with E-state index in [1.807, 2.05) is 0 Å². The molecule has 0 amide bonds. The van der Waals surface area contributed by atoms with E-state index in [0.29, 0.717) is 0 Å². The van der Waals surface area contributed by atoms with Crippen molar-refractivity contribution in [2.24, 2.45) is 0 Å². The van der Waals surface area contributed by atoms with Gasteiger partial charge in [-0.2, -0.15) is 0 Å². The Labute approximate surface area is 190 Å². The van der Waals surface area contributed by atoms with Gasteiger partial charge in [0.1, 0.15) is 0 Å². The first-order valence-corrected chi connectivity index (χ1v) is 12.3. The summed E-state index contributed by atoms with van der Waals surface area (Å²) in [5.74, 6) is 0. The van der Waals surface area contributed by atoms with Gasteiger partial charge >= 0.3 is 191 Å². The van der Waals surface area contributed by atoms with Gasteiger partial charge in [0.25, 0.3) is 0 Å². The summed E-state index contributed by atoms with van der Waals surface area (Å²) in [6.07, 6.45) is 0. The van der Waals surface area contributed by atoms with Gasteiger partial charge in [0.15, 0.2) is 0 Å². The molecule has 0 aromatic heterocycles. The third kappa shape index (κ3) is 3.83. The molecule has 5 rings (SSSR count). The van der Waals surface area contributed by atoms with E-state index in [0.717, 1.165) is 0 Å².